The quantitative estimate of drug-likeness (QED) is 0.848. The summed E-state index contributed by atoms with van der Waals surface area (Å²) in [5.41, 5.74) is 2.67. The molecule has 128 valence electrons. The second-order valence-electron chi connectivity index (χ2n) is 7.03. The second-order valence-corrected chi connectivity index (χ2v) is 9.11. The van der Waals surface area contributed by atoms with Gasteiger partial charge in [0.15, 0.2) is 0 Å². The molecule has 3 rings (SSSR count). The van der Waals surface area contributed by atoms with E-state index in [-0.39, 0.29) is 23.8 Å². The van der Waals surface area contributed by atoms with E-state index in [9.17, 15) is 8.42 Å². The number of likely N-dealkylation sites (N-methyl/N-ethyl adjacent to an activating group) is 1. The first-order valence-electron chi connectivity index (χ1n) is 8.60. The van der Waals surface area contributed by atoms with Crippen molar-refractivity contribution >= 4 is 10.0 Å². The highest BCUT2D eigenvalue weighted by Gasteiger charge is 2.32. The van der Waals surface area contributed by atoms with Crippen molar-refractivity contribution in [2.24, 2.45) is 5.92 Å². The summed E-state index contributed by atoms with van der Waals surface area (Å²) in [6.45, 7) is 2.71. The van der Waals surface area contributed by atoms with Crippen molar-refractivity contribution < 1.29 is 13.2 Å². The molecule has 0 N–H and O–H groups in total. The fourth-order valence-electron chi connectivity index (χ4n) is 3.87. The van der Waals surface area contributed by atoms with E-state index in [0.717, 1.165) is 32.1 Å². The average molecular weight is 337 g/mol. The van der Waals surface area contributed by atoms with Crippen LogP contribution >= 0.6 is 0 Å². The van der Waals surface area contributed by atoms with E-state index in [2.05, 4.69) is 18.2 Å². The largest absolute Gasteiger partial charge is 0.378 e. The van der Waals surface area contributed by atoms with Crippen LogP contribution in [0.25, 0.3) is 0 Å². The van der Waals surface area contributed by atoms with Crippen LogP contribution in [0.4, 0.5) is 0 Å². The SMILES string of the molecule is CC1CC(CS(=O)(=O)N(C)C2CCc3ccccc3C2)CCO1. The van der Waals surface area contributed by atoms with Gasteiger partial charge in [-0.2, -0.15) is 0 Å². The van der Waals surface area contributed by atoms with E-state index in [4.69, 9.17) is 4.74 Å². The van der Waals surface area contributed by atoms with Crippen LogP contribution in [0.3, 0.4) is 0 Å². The smallest absolute Gasteiger partial charge is 0.214 e. The van der Waals surface area contributed by atoms with Gasteiger partial charge >= 0.3 is 0 Å². The van der Waals surface area contributed by atoms with Crippen molar-refractivity contribution in [3.05, 3.63) is 35.4 Å². The molecule has 0 aromatic heterocycles. The van der Waals surface area contributed by atoms with Gasteiger partial charge in [-0.05, 0) is 56.1 Å². The van der Waals surface area contributed by atoms with Crippen molar-refractivity contribution in [1.29, 1.82) is 0 Å². The summed E-state index contributed by atoms with van der Waals surface area (Å²) in [6, 6.07) is 8.48. The van der Waals surface area contributed by atoms with Crippen LogP contribution in [0, 0.1) is 5.92 Å². The number of sulfonamides is 1. The highest BCUT2D eigenvalue weighted by molar-refractivity contribution is 7.89. The first-order chi connectivity index (χ1) is 11.0. The Morgan fingerprint density at radius 2 is 1.96 bits per heavy atom. The minimum Gasteiger partial charge on any atom is -0.378 e. The van der Waals surface area contributed by atoms with Crippen LogP contribution in [-0.4, -0.2) is 44.3 Å². The first-order valence-corrected chi connectivity index (χ1v) is 10.2. The highest BCUT2D eigenvalue weighted by Crippen LogP contribution is 2.27. The van der Waals surface area contributed by atoms with Crippen LogP contribution in [0.15, 0.2) is 24.3 Å². The normalized spacial score (nSPS) is 28.6. The van der Waals surface area contributed by atoms with Crippen molar-refractivity contribution in [2.75, 3.05) is 19.4 Å². The third-order valence-electron chi connectivity index (χ3n) is 5.31. The molecule has 1 aromatic carbocycles. The van der Waals surface area contributed by atoms with Crippen molar-refractivity contribution in [3.63, 3.8) is 0 Å². The molecule has 23 heavy (non-hydrogen) atoms. The zero-order valence-corrected chi connectivity index (χ0v) is 14.9. The van der Waals surface area contributed by atoms with Gasteiger partial charge in [0.1, 0.15) is 0 Å². The van der Waals surface area contributed by atoms with E-state index < -0.39 is 10.0 Å². The molecule has 0 radical (unpaired) electrons. The summed E-state index contributed by atoms with van der Waals surface area (Å²) in [4.78, 5) is 0. The van der Waals surface area contributed by atoms with Gasteiger partial charge in [-0.1, -0.05) is 24.3 Å². The maximum Gasteiger partial charge on any atom is 0.214 e. The topological polar surface area (TPSA) is 46.6 Å². The van der Waals surface area contributed by atoms with Crippen molar-refractivity contribution in [1.82, 2.24) is 4.31 Å². The molecule has 1 aliphatic heterocycles. The standard InChI is InChI=1S/C18H27NO3S/c1-14-11-15(9-10-22-14)13-23(20,21)19(2)18-8-7-16-5-3-4-6-17(16)12-18/h3-6,14-15,18H,7-13H2,1-2H3. The lowest BCUT2D eigenvalue weighted by atomic mass is 9.88. The Morgan fingerprint density at radius 3 is 2.70 bits per heavy atom. The zero-order valence-electron chi connectivity index (χ0n) is 14.1. The fourth-order valence-corrected chi connectivity index (χ4v) is 5.64. The molecule has 1 saturated heterocycles. The van der Waals surface area contributed by atoms with Gasteiger partial charge in [0.05, 0.1) is 11.9 Å². The molecule has 0 saturated carbocycles. The number of aryl methyl sites for hydroxylation is 1. The van der Waals surface area contributed by atoms with Crippen LogP contribution in [0.1, 0.15) is 37.3 Å². The van der Waals surface area contributed by atoms with Crippen LogP contribution < -0.4 is 0 Å². The maximum atomic E-state index is 12.8. The number of hydrogen-bond acceptors (Lipinski definition) is 3. The molecule has 3 atom stereocenters. The minimum absolute atomic E-state index is 0.0900. The Balaban J connectivity index is 1.66. The number of nitrogens with zero attached hydrogens (tertiary/aromatic N) is 1. The van der Waals surface area contributed by atoms with Crippen LogP contribution in [0.2, 0.25) is 0 Å². The van der Waals surface area contributed by atoms with Crippen LogP contribution in [0.5, 0.6) is 0 Å². The van der Waals surface area contributed by atoms with Gasteiger partial charge < -0.3 is 4.74 Å². The maximum absolute atomic E-state index is 12.8. The number of ether oxygens (including phenoxy) is 1. The molecule has 1 fully saturated rings. The summed E-state index contributed by atoms with van der Waals surface area (Å²) in [6.07, 6.45) is 4.59. The molecule has 1 aromatic rings. The Hall–Kier alpha value is -0.910. The van der Waals surface area contributed by atoms with Crippen molar-refractivity contribution in [2.45, 2.75) is 51.2 Å². The van der Waals surface area contributed by atoms with Gasteiger partial charge in [0.25, 0.3) is 0 Å². The second kappa shape index (κ2) is 6.91. The van der Waals surface area contributed by atoms with Gasteiger partial charge in [0.2, 0.25) is 10.0 Å². The van der Waals surface area contributed by atoms with Gasteiger partial charge in [-0.25, -0.2) is 12.7 Å². The summed E-state index contributed by atoms with van der Waals surface area (Å²) in [7, 11) is -1.45. The lowest BCUT2D eigenvalue weighted by Crippen LogP contribution is -2.43. The third-order valence-corrected chi connectivity index (χ3v) is 7.38. The van der Waals surface area contributed by atoms with E-state index in [1.165, 1.54) is 11.1 Å². The number of hydrogen-bond donors (Lipinski definition) is 0. The van der Waals surface area contributed by atoms with Gasteiger partial charge in [0, 0.05) is 19.7 Å². The average Bonchev–Trinajstić information content (AvgIpc) is 2.53. The van der Waals surface area contributed by atoms with E-state index in [0.29, 0.717) is 6.61 Å². The molecule has 3 unspecified atom stereocenters. The predicted molar refractivity (Wildman–Crippen MR) is 91.9 cm³/mol. The Morgan fingerprint density at radius 1 is 1.22 bits per heavy atom. The molecule has 5 heteroatoms. The zero-order chi connectivity index (χ0) is 16.4. The van der Waals surface area contributed by atoms with Crippen LogP contribution in [-0.2, 0) is 27.6 Å². The first kappa shape index (κ1) is 16.9. The molecule has 0 bridgehead atoms. The minimum atomic E-state index is -3.21. The van der Waals surface area contributed by atoms with Gasteiger partial charge in [-0.3, -0.25) is 0 Å². The molecule has 0 spiro atoms. The monoisotopic (exact) mass is 337 g/mol. The number of fused-ring (bicyclic) bond motifs is 1. The summed E-state index contributed by atoms with van der Waals surface area (Å²) < 4.78 is 32.8. The summed E-state index contributed by atoms with van der Waals surface area (Å²) >= 11 is 0. The Labute approximate surface area is 139 Å². The predicted octanol–water partition coefficient (Wildman–Crippen LogP) is 2.62. The molecule has 0 amide bonds. The molecule has 4 nitrogen and oxygen atoms in total. The molecular formula is C18H27NO3S. The van der Waals surface area contributed by atoms with E-state index >= 15 is 0 Å². The summed E-state index contributed by atoms with van der Waals surface area (Å²) in [5.74, 6) is 0.483. The molecule has 1 aliphatic carbocycles. The van der Waals surface area contributed by atoms with Crippen molar-refractivity contribution in [3.8, 4) is 0 Å². The molecular weight excluding hydrogens is 310 g/mol. The highest BCUT2D eigenvalue weighted by atomic mass is 32.2. The molecule has 1 heterocycles. The van der Waals surface area contributed by atoms with Gasteiger partial charge in [-0.15, -0.1) is 0 Å². The Bertz CT molecular complexity index is 643. The Kier molecular flexibility index (Phi) is 5.09. The molecule has 2 aliphatic rings. The number of rotatable bonds is 4. The summed E-state index contributed by atoms with van der Waals surface area (Å²) in [5, 5.41) is 0. The fraction of sp³-hybridized carbons (Fsp3) is 0.667. The van der Waals surface area contributed by atoms with E-state index in [1.807, 2.05) is 13.0 Å². The lowest BCUT2D eigenvalue weighted by Gasteiger charge is -2.34. The lowest BCUT2D eigenvalue weighted by molar-refractivity contribution is 0.00730. The third kappa shape index (κ3) is 3.95. The number of benzene rings is 1. The van der Waals surface area contributed by atoms with E-state index in [1.54, 1.807) is 11.4 Å².